The van der Waals surface area contributed by atoms with Crippen LogP contribution in [-0.4, -0.2) is 25.6 Å². The van der Waals surface area contributed by atoms with Crippen LogP contribution in [0.15, 0.2) is 60.0 Å². The Hall–Kier alpha value is -2.25. The Morgan fingerprint density at radius 3 is 2.65 bits per heavy atom. The molecule has 0 saturated heterocycles. The molecular weight excluding hydrogens is 320 g/mol. The van der Waals surface area contributed by atoms with E-state index in [1.165, 1.54) is 17.8 Å². The third kappa shape index (κ3) is 3.75. The van der Waals surface area contributed by atoms with Crippen LogP contribution in [0.1, 0.15) is 11.7 Å². The van der Waals surface area contributed by atoms with Crippen LogP contribution in [0.3, 0.4) is 0 Å². The van der Waals surface area contributed by atoms with Gasteiger partial charge in [0, 0.05) is 17.4 Å². The second-order valence-electron chi connectivity index (χ2n) is 4.80. The van der Waals surface area contributed by atoms with Gasteiger partial charge in [0.05, 0.1) is 11.8 Å². The second kappa shape index (κ2) is 6.89. The van der Waals surface area contributed by atoms with Gasteiger partial charge in [-0.15, -0.1) is 5.10 Å². The largest absolute Gasteiger partial charge is 0.387 e. The molecule has 0 amide bonds. The van der Waals surface area contributed by atoms with E-state index in [9.17, 15) is 13.9 Å². The Labute approximate surface area is 135 Å². The zero-order valence-electron chi connectivity index (χ0n) is 11.9. The number of hydrogen-bond acceptors (Lipinski definition) is 4. The lowest BCUT2D eigenvalue weighted by Crippen LogP contribution is -2.04. The highest BCUT2D eigenvalue weighted by molar-refractivity contribution is 7.99. The molecule has 1 unspecified atom stereocenters. The van der Waals surface area contributed by atoms with Crippen LogP contribution in [-0.2, 0) is 0 Å². The van der Waals surface area contributed by atoms with Crippen molar-refractivity contribution in [1.82, 2.24) is 14.8 Å². The molecule has 2 aromatic carbocycles. The summed E-state index contributed by atoms with van der Waals surface area (Å²) in [5.41, 5.74) is 0.929. The van der Waals surface area contributed by atoms with Gasteiger partial charge in [0.25, 0.3) is 0 Å². The first-order valence-electron chi connectivity index (χ1n) is 6.86. The molecule has 0 radical (unpaired) electrons. The van der Waals surface area contributed by atoms with E-state index < -0.39 is 17.7 Å². The zero-order chi connectivity index (χ0) is 16.2. The predicted octanol–water partition coefficient (Wildman–Crippen LogP) is 3.37. The number of benzene rings is 2. The summed E-state index contributed by atoms with van der Waals surface area (Å²) in [5, 5.41) is 14.8. The Morgan fingerprint density at radius 1 is 1.13 bits per heavy atom. The van der Waals surface area contributed by atoms with Gasteiger partial charge < -0.3 is 5.11 Å². The number of para-hydroxylation sites is 1. The molecular formula is C16H13F2N3OS. The summed E-state index contributed by atoms with van der Waals surface area (Å²) in [7, 11) is 0. The molecule has 0 saturated carbocycles. The summed E-state index contributed by atoms with van der Waals surface area (Å²) in [6.45, 7) is 0. The average Bonchev–Trinajstić information content (AvgIpc) is 3.02. The van der Waals surface area contributed by atoms with Crippen LogP contribution in [0.25, 0.3) is 5.69 Å². The van der Waals surface area contributed by atoms with Crippen molar-refractivity contribution in [2.45, 2.75) is 11.3 Å². The molecule has 4 nitrogen and oxygen atoms in total. The van der Waals surface area contributed by atoms with Crippen molar-refractivity contribution in [1.29, 1.82) is 0 Å². The maximum absolute atomic E-state index is 13.6. The minimum Gasteiger partial charge on any atom is -0.387 e. The van der Waals surface area contributed by atoms with Gasteiger partial charge in [-0.3, -0.25) is 0 Å². The van der Waals surface area contributed by atoms with Crippen molar-refractivity contribution in [3.63, 3.8) is 0 Å². The number of aliphatic hydroxyl groups is 1. The lowest BCUT2D eigenvalue weighted by molar-refractivity contribution is 0.198. The van der Waals surface area contributed by atoms with Gasteiger partial charge in [-0.1, -0.05) is 36.0 Å². The maximum atomic E-state index is 13.6. The van der Waals surface area contributed by atoms with Gasteiger partial charge >= 0.3 is 0 Å². The van der Waals surface area contributed by atoms with E-state index in [4.69, 9.17) is 0 Å². The van der Waals surface area contributed by atoms with Crippen LogP contribution >= 0.6 is 11.8 Å². The highest BCUT2D eigenvalue weighted by Crippen LogP contribution is 2.24. The molecule has 0 aliphatic rings. The monoisotopic (exact) mass is 333 g/mol. The lowest BCUT2D eigenvalue weighted by atomic mass is 10.1. The van der Waals surface area contributed by atoms with Gasteiger partial charge in [-0.25, -0.2) is 18.4 Å². The topological polar surface area (TPSA) is 50.9 Å². The fourth-order valence-electron chi connectivity index (χ4n) is 2.03. The maximum Gasteiger partial charge on any atom is 0.208 e. The first-order valence-corrected chi connectivity index (χ1v) is 7.85. The fourth-order valence-corrected chi connectivity index (χ4v) is 2.79. The van der Waals surface area contributed by atoms with Crippen molar-refractivity contribution in [3.8, 4) is 5.69 Å². The molecule has 23 heavy (non-hydrogen) atoms. The van der Waals surface area contributed by atoms with E-state index in [1.807, 2.05) is 30.3 Å². The van der Waals surface area contributed by atoms with Crippen LogP contribution in [0.4, 0.5) is 8.78 Å². The van der Waals surface area contributed by atoms with E-state index in [2.05, 4.69) is 10.1 Å². The summed E-state index contributed by atoms with van der Waals surface area (Å²) in [5.74, 6) is -1.27. The molecule has 0 spiro atoms. The van der Waals surface area contributed by atoms with Gasteiger partial charge in [0.1, 0.15) is 18.0 Å². The van der Waals surface area contributed by atoms with E-state index in [1.54, 1.807) is 11.0 Å². The smallest absolute Gasteiger partial charge is 0.208 e. The number of hydrogen-bond donors (Lipinski definition) is 1. The van der Waals surface area contributed by atoms with Gasteiger partial charge in [-0.2, -0.15) is 0 Å². The van der Waals surface area contributed by atoms with E-state index >= 15 is 0 Å². The molecule has 0 fully saturated rings. The van der Waals surface area contributed by atoms with Gasteiger partial charge in [0.2, 0.25) is 5.16 Å². The van der Waals surface area contributed by atoms with Gasteiger partial charge in [0.15, 0.2) is 0 Å². The molecule has 1 heterocycles. The third-order valence-corrected chi connectivity index (χ3v) is 4.11. The number of thioether (sulfide) groups is 1. The molecule has 7 heteroatoms. The summed E-state index contributed by atoms with van der Waals surface area (Å²) in [4.78, 5) is 4.14. The summed E-state index contributed by atoms with van der Waals surface area (Å²) in [6, 6.07) is 12.6. The predicted molar refractivity (Wildman–Crippen MR) is 83.4 cm³/mol. The minimum absolute atomic E-state index is 0.0568. The molecule has 118 valence electrons. The lowest BCUT2D eigenvalue weighted by Gasteiger charge is -2.10. The Morgan fingerprint density at radius 2 is 1.91 bits per heavy atom. The number of halogens is 2. The summed E-state index contributed by atoms with van der Waals surface area (Å²) < 4.78 is 28.1. The van der Waals surface area contributed by atoms with E-state index in [-0.39, 0.29) is 11.3 Å². The molecule has 0 aliphatic heterocycles. The van der Waals surface area contributed by atoms with E-state index in [0.717, 1.165) is 17.8 Å². The molecule has 3 aromatic rings. The highest BCUT2D eigenvalue weighted by atomic mass is 32.2. The molecule has 1 N–H and O–H groups in total. The summed E-state index contributed by atoms with van der Waals surface area (Å²) >= 11 is 1.20. The first kappa shape index (κ1) is 15.6. The first-order chi connectivity index (χ1) is 11.1. The minimum atomic E-state index is -1.07. The van der Waals surface area contributed by atoms with E-state index in [0.29, 0.717) is 5.16 Å². The van der Waals surface area contributed by atoms with Gasteiger partial charge in [-0.05, 0) is 18.2 Å². The quantitative estimate of drug-likeness (QED) is 0.727. The number of nitrogens with zero attached hydrogens (tertiary/aromatic N) is 3. The molecule has 3 rings (SSSR count). The van der Waals surface area contributed by atoms with Crippen LogP contribution in [0.2, 0.25) is 0 Å². The van der Waals surface area contributed by atoms with Crippen molar-refractivity contribution >= 4 is 11.8 Å². The molecule has 0 bridgehead atoms. The number of rotatable bonds is 5. The Kier molecular flexibility index (Phi) is 4.68. The van der Waals surface area contributed by atoms with Crippen molar-refractivity contribution in [2.24, 2.45) is 0 Å². The molecule has 1 aromatic heterocycles. The Bertz CT molecular complexity index is 795. The zero-order valence-corrected chi connectivity index (χ0v) is 12.8. The number of aromatic nitrogens is 3. The molecule has 0 aliphatic carbocycles. The summed E-state index contributed by atoms with van der Waals surface area (Å²) in [6.07, 6.45) is 0.506. The number of aliphatic hydroxyl groups excluding tert-OH is 1. The average molecular weight is 333 g/mol. The SMILES string of the molecule is OC(CSc1ncn(-c2ccccc2)n1)c1ccc(F)cc1F. The van der Waals surface area contributed by atoms with Crippen LogP contribution in [0.5, 0.6) is 0 Å². The second-order valence-corrected chi connectivity index (χ2v) is 5.79. The molecule has 1 atom stereocenters. The van der Waals surface area contributed by atoms with Crippen molar-refractivity contribution < 1.29 is 13.9 Å². The standard InChI is InChI=1S/C16H13F2N3OS/c17-11-6-7-13(14(18)8-11)15(22)9-23-16-19-10-21(20-16)12-4-2-1-3-5-12/h1-8,10,15,22H,9H2. The van der Waals surface area contributed by atoms with Crippen LogP contribution < -0.4 is 0 Å². The Balaban J connectivity index is 1.65. The van der Waals surface area contributed by atoms with Crippen molar-refractivity contribution in [2.75, 3.05) is 5.75 Å². The van der Waals surface area contributed by atoms with Crippen LogP contribution in [0, 0.1) is 11.6 Å². The fraction of sp³-hybridized carbons (Fsp3) is 0.125. The highest BCUT2D eigenvalue weighted by Gasteiger charge is 2.15. The van der Waals surface area contributed by atoms with Crippen molar-refractivity contribution in [3.05, 3.63) is 72.1 Å². The third-order valence-electron chi connectivity index (χ3n) is 3.18. The normalized spacial score (nSPS) is 12.3.